The van der Waals surface area contributed by atoms with Crippen LogP contribution in [0.2, 0.25) is 0 Å². The van der Waals surface area contributed by atoms with E-state index in [1.54, 1.807) is 36.4 Å². The van der Waals surface area contributed by atoms with Gasteiger partial charge >= 0.3 is 0 Å². The van der Waals surface area contributed by atoms with Gasteiger partial charge in [0, 0.05) is 11.5 Å². The minimum Gasteiger partial charge on any atom is -0.502 e. The summed E-state index contributed by atoms with van der Waals surface area (Å²) in [4.78, 5) is 58.9. The number of aromatic hydroxyl groups is 1. The zero-order valence-corrected chi connectivity index (χ0v) is 24.7. The number of phenolic OH excluding ortho intramolecular Hbond substituents is 1. The fraction of sp³-hybridized carbons (Fsp3) is 0.455. The number of phenols is 1. The van der Waals surface area contributed by atoms with E-state index in [9.17, 15) is 24.3 Å². The lowest BCUT2D eigenvalue weighted by Crippen LogP contribution is -2.49. The number of allylic oxidation sites excluding steroid dienone is 2. The van der Waals surface area contributed by atoms with Crippen molar-refractivity contribution in [2.24, 2.45) is 29.1 Å². The van der Waals surface area contributed by atoms with Crippen LogP contribution in [0.25, 0.3) is 0 Å². The van der Waals surface area contributed by atoms with E-state index in [0.29, 0.717) is 17.7 Å². The normalized spacial score (nSPS) is 30.6. The van der Waals surface area contributed by atoms with E-state index in [1.807, 2.05) is 39.8 Å². The summed E-state index contributed by atoms with van der Waals surface area (Å²) in [6, 6.07) is 12.2. The van der Waals surface area contributed by atoms with Gasteiger partial charge in [0.2, 0.25) is 29.4 Å². The summed E-state index contributed by atoms with van der Waals surface area (Å²) in [6.07, 6.45) is 2.64. The molecule has 42 heavy (non-hydrogen) atoms. The van der Waals surface area contributed by atoms with Crippen LogP contribution in [0, 0.1) is 29.1 Å². The highest BCUT2D eigenvalue weighted by atomic mass is 16.5. The number of ether oxygens (including phenoxy) is 2. The monoisotopic (exact) mass is 572 g/mol. The van der Waals surface area contributed by atoms with Crippen LogP contribution < -0.4 is 14.4 Å². The van der Waals surface area contributed by atoms with Gasteiger partial charge < -0.3 is 14.6 Å². The number of benzene rings is 2. The topological polar surface area (TPSA) is 113 Å². The van der Waals surface area contributed by atoms with Gasteiger partial charge in [0.05, 0.1) is 43.1 Å². The molecule has 0 unspecified atom stereocenters. The predicted octanol–water partition coefficient (Wildman–Crippen LogP) is 4.44. The zero-order chi connectivity index (χ0) is 30.3. The van der Waals surface area contributed by atoms with Crippen molar-refractivity contribution >= 4 is 29.3 Å². The highest BCUT2D eigenvalue weighted by molar-refractivity contribution is 6.24. The molecule has 6 rings (SSSR count). The van der Waals surface area contributed by atoms with E-state index in [2.05, 4.69) is 0 Å². The zero-order valence-electron chi connectivity index (χ0n) is 24.7. The fourth-order valence-corrected chi connectivity index (χ4v) is 7.96. The van der Waals surface area contributed by atoms with Crippen LogP contribution in [0.3, 0.4) is 0 Å². The van der Waals surface area contributed by atoms with Crippen molar-refractivity contribution in [1.82, 2.24) is 4.90 Å². The second kappa shape index (κ2) is 9.44. The fourth-order valence-electron chi connectivity index (χ4n) is 7.96. The second-order valence-electron chi connectivity index (χ2n) is 13.0. The molecule has 3 fully saturated rings. The Morgan fingerprint density at radius 2 is 1.52 bits per heavy atom. The summed E-state index contributed by atoms with van der Waals surface area (Å²) in [5.74, 6) is -3.84. The summed E-state index contributed by atoms with van der Waals surface area (Å²) >= 11 is 0. The maximum atomic E-state index is 14.5. The van der Waals surface area contributed by atoms with Crippen LogP contribution in [0.15, 0.2) is 54.1 Å². The van der Waals surface area contributed by atoms with Crippen molar-refractivity contribution in [3.63, 3.8) is 0 Å². The second-order valence-corrected chi connectivity index (χ2v) is 13.0. The molecule has 9 heteroatoms. The molecule has 2 saturated heterocycles. The van der Waals surface area contributed by atoms with E-state index >= 15 is 0 Å². The molecule has 2 aromatic rings. The molecule has 9 nitrogen and oxygen atoms in total. The molecule has 0 radical (unpaired) electrons. The van der Waals surface area contributed by atoms with Crippen molar-refractivity contribution in [3.05, 3.63) is 59.7 Å². The van der Waals surface area contributed by atoms with E-state index in [1.165, 1.54) is 24.0 Å². The molecule has 2 aromatic carbocycles. The van der Waals surface area contributed by atoms with Crippen LogP contribution in [0.1, 0.15) is 52.0 Å². The number of amides is 4. The number of methoxy groups -OCH3 is 2. The smallest absolute Gasteiger partial charge is 0.241 e. The first-order valence-electron chi connectivity index (χ1n) is 14.3. The largest absolute Gasteiger partial charge is 0.502 e. The third-order valence-electron chi connectivity index (χ3n) is 9.80. The van der Waals surface area contributed by atoms with Crippen LogP contribution >= 0.6 is 0 Å². The maximum absolute atomic E-state index is 14.5. The van der Waals surface area contributed by atoms with Gasteiger partial charge in [-0.1, -0.05) is 29.8 Å². The van der Waals surface area contributed by atoms with Gasteiger partial charge in [0.25, 0.3) is 0 Å². The molecule has 0 bridgehead atoms. The summed E-state index contributed by atoms with van der Waals surface area (Å²) in [6.45, 7) is 7.37. The van der Waals surface area contributed by atoms with E-state index in [-0.39, 0.29) is 47.3 Å². The molecule has 2 aliphatic heterocycles. The number of carbonyl (C=O) groups is 4. The summed E-state index contributed by atoms with van der Waals surface area (Å²) in [7, 11) is 2.87. The van der Waals surface area contributed by atoms with Crippen LogP contribution in [0.5, 0.6) is 17.2 Å². The number of rotatable bonds is 4. The Hall–Kier alpha value is -4.14. The van der Waals surface area contributed by atoms with Gasteiger partial charge in [0.1, 0.15) is 0 Å². The molecule has 2 heterocycles. The first-order chi connectivity index (χ1) is 19.9. The van der Waals surface area contributed by atoms with Crippen LogP contribution in [-0.4, -0.2) is 53.4 Å². The highest BCUT2D eigenvalue weighted by Gasteiger charge is 2.68. The van der Waals surface area contributed by atoms with E-state index in [4.69, 9.17) is 9.47 Å². The lowest BCUT2D eigenvalue weighted by molar-refractivity contribution is -0.145. The average molecular weight is 573 g/mol. The number of hydrogen-bond acceptors (Lipinski definition) is 7. The first-order valence-corrected chi connectivity index (χ1v) is 14.3. The van der Waals surface area contributed by atoms with Crippen molar-refractivity contribution in [1.29, 1.82) is 0 Å². The Bertz CT molecular complexity index is 1520. The Kier molecular flexibility index (Phi) is 6.29. The summed E-state index contributed by atoms with van der Waals surface area (Å²) in [5.41, 5.74) is 0.0879. The molecule has 4 aliphatic rings. The highest BCUT2D eigenvalue weighted by Crippen LogP contribution is 2.64. The summed E-state index contributed by atoms with van der Waals surface area (Å²) in [5, 5.41) is 10.7. The van der Waals surface area contributed by atoms with Gasteiger partial charge in [-0.3, -0.25) is 24.1 Å². The molecule has 2 aliphatic carbocycles. The average Bonchev–Trinajstić information content (AvgIpc) is 3.33. The number of hydrogen-bond donors (Lipinski definition) is 1. The standard InChI is InChI=1S/C33H36N2O7/c1-32(2,3)35-28(37)20-13-12-19-21(25(20)30(35)39)16-22-29(38)34(18-10-8-7-9-11-18)31(40)33(22,4)26(19)17-14-23(41-5)27(36)24(15-17)42-6/h7-12,14-15,20-22,25-26,36H,13,16H2,1-6H3/t20-,21+,22-,25-,26-,33+/m0/s1. The molecule has 0 aromatic heterocycles. The van der Waals surface area contributed by atoms with Crippen LogP contribution in [0.4, 0.5) is 5.69 Å². The molecule has 1 N–H and O–H groups in total. The summed E-state index contributed by atoms with van der Waals surface area (Å²) < 4.78 is 10.9. The van der Waals surface area contributed by atoms with Crippen molar-refractivity contribution in [2.75, 3.05) is 19.1 Å². The maximum Gasteiger partial charge on any atom is 0.241 e. The number of carbonyl (C=O) groups excluding carboxylic acids is 4. The Morgan fingerprint density at radius 1 is 0.905 bits per heavy atom. The number of likely N-dealkylation sites (tertiary alicyclic amines) is 1. The van der Waals surface area contributed by atoms with Crippen LogP contribution in [-0.2, 0) is 19.2 Å². The molecular weight excluding hydrogens is 536 g/mol. The van der Waals surface area contributed by atoms with Gasteiger partial charge in [0.15, 0.2) is 11.5 Å². The number of anilines is 1. The minimum atomic E-state index is -1.20. The van der Waals surface area contributed by atoms with E-state index < -0.39 is 40.5 Å². The number of imide groups is 2. The quantitative estimate of drug-likeness (QED) is 0.426. The van der Waals surface area contributed by atoms with Gasteiger partial charge in [-0.2, -0.15) is 0 Å². The number of nitrogens with zero attached hydrogens (tertiary/aromatic N) is 2. The molecular formula is C33H36N2O7. The lowest BCUT2D eigenvalue weighted by atomic mass is 9.51. The van der Waals surface area contributed by atoms with Gasteiger partial charge in [-0.15, -0.1) is 0 Å². The Labute approximate surface area is 245 Å². The molecule has 6 atom stereocenters. The van der Waals surface area contributed by atoms with Crippen molar-refractivity contribution < 1.29 is 33.8 Å². The number of para-hydroxylation sites is 1. The molecule has 0 spiro atoms. The first kappa shape index (κ1) is 28.0. The van der Waals surface area contributed by atoms with Gasteiger partial charge in [-0.05, 0) is 76.3 Å². The predicted molar refractivity (Wildman–Crippen MR) is 154 cm³/mol. The van der Waals surface area contributed by atoms with Gasteiger partial charge in [-0.25, -0.2) is 4.90 Å². The van der Waals surface area contributed by atoms with Crippen molar-refractivity contribution in [2.45, 2.75) is 52.0 Å². The lowest BCUT2D eigenvalue weighted by Gasteiger charge is -2.49. The molecule has 1 saturated carbocycles. The third kappa shape index (κ3) is 3.68. The SMILES string of the molecule is COc1cc([C@H]2C3=CC[C@@H]4C(=O)N(C(C)(C)C)C(=O)[C@@H]4[C@@H]3C[C@H]3C(=O)N(c4ccccc4)C(=O)[C@@]23C)cc(OC)c1O. The Balaban J connectivity index is 1.56. The third-order valence-corrected chi connectivity index (χ3v) is 9.80. The van der Waals surface area contributed by atoms with Crippen molar-refractivity contribution in [3.8, 4) is 17.2 Å². The number of fused-ring (bicyclic) bond motifs is 4. The molecule has 4 amide bonds. The van der Waals surface area contributed by atoms with E-state index in [0.717, 1.165) is 5.57 Å². The Morgan fingerprint density at radius 3 is 2.10 bits per heavy atom. The molecule has 220 valence electrons. The minimum absolute atomic E-state index is 0.170.